The van der Waals surface area contributed by atoms with Crippen molar-refractivity contribution in [3.63, 3.8) is 0 Å². The summed E-state index contributed by atoms with van der Waals surface area (Å²) in [4.78, 5) is 3.97. The summed E-state index contributed by atoms with van der Waals surface area (Å²) >= 11 is 5.89. The zero-order chi connectivity index (χ0) is 13.0. The van der Waals surface area contributed by atoms with E-state index in [-0.39, 0.29) is 6.61 Å². The molecule has 0 aliphatic rings. The predicted molar refractivity (Wildman–Crippen MR) is 67.8 cm³/mol. The van der Waals surface area contributed by atoms with Crippen LogP contribution in [0.2, 0.25) is 5.02 Å². The van der Waals surface area contributed by atoms with Gasteiger partial charge in [0.2, 0.25) is 0 Å². The lowest BCUT2D eigenvalue weighted by Crippen LogP contribution is -2.10. The first-order valence-corrected chi connectivity index (χ1v) is 5.57. The van der Waals surface area contributed by atoms with Crippen molar-refractivity contribution in [1.29, 1.82) is 0 Å². The zero-order valence-electron chi connectivity index (χ0n) is 9.36. The van der Waals surface area contributed by atoms with Crippen LogP contribution in [0.25, 0.3) is 0 Å². The van der Waals surface area contributed by atoms with Gasteiger partial charge in [-0.05, 0) is 24.3 Å². The van der Waals surface area contributed by atoms with Crippen molar-refractivity contribution in [2.75, 3.05) is 5.43 Å². The topological polar surface area (TPSA) is 60.2 Å². The smallest absolute Gasteiger partial charge is 0.182 e. The molecule has 0 saturated heterocycles. The SMILES string of the molecule is NNc1ncccc1OCc1c(F)cccc1Cl. The van der Waals surface area contributed by atoms with Gasteiger partial charge in [-0.1, -0.05) is 17.7 Å². The van der Waals surface area contributed by atoms with E-state index < -0.39 is 5.82 Å². The molecule has 0 unspecified atom stereocenters. The Hall–Kier alpha value is -1.85. The van der Waals surface area contributed by atoms with Gasteiger partial charge in [-0.2, -0.15) is 0 Å². The van der Waals surface area contributed by atoms with Crippen LogP contribution in [0.4, 0.5) is 10.2 Å². The van der Waals surface area contributed by atoms with Gasteiger partial charge in [0.1, 0.15) is 12.4 Å². The summed E-state index contributed by atoms with van der Waals surface area (Å²) in [5, 5.41) is 0.321. The normalized spacial score (nSPS) is 10.2. The van der Waals surface area contributed by atoms with Crippen LogP contribution >= 0.6 is 11.6 Å². The molecular weight excluding hydrogens is 257 g/mol. The summed E-state index contributed by atoms with van der Waals surface area (Å²) in [5.41, 5.74) is 2.70. The Morgan fingerprint density at radius 1 is 1.33 bits per heavy atom. The molecule has 1 aromatic heterocycles. The number of ether oxygens (including phenoxy) is 1. The fourth-order valence-electron chi connectivity index (χ4n) is 1.44. The third-order valence-electron chi connectivity index (χ3n) is 2.34. The molecule has 0 aliphatic carbocycles. The Balaban J connectivity index is 2.16. The quantitative estimate of drug-likeness (QED) is 0.661. The highest BCUT2D eigenvalue weighted by Crippen LogP contribution is 2.24. The Morgan fingerprint density at radius 3 is 2.89 bits per heavy atom. The van der Waals surface area contributed by atoms with E-state index >= 15 is 0 Å². The van der Waals surface area contributed by atoms with Gasteiger partial charge in [-0.25, -0.2) is 15.2 Å². The standard InChI is InChI=1S/C12H11ClFN3O/c13-9-3-1-4-10(14)8(9)7-18-11-5-2-6-16-12(11)17-15/h1-6H,7,15H2,(H,16,17). The second-order valence-electron chi connectivity index (χ2n) is 3.48. The minimum absolute atomic E-state index is 0.00583. The summed E-state index contributed by atoms with van der Waals surface area (Å²) in [6, 6.07) is 7.85. The molecule has 0 spiro atoms. The van der Waals surface area contributed by atoms with E-state index in [0.717, 1.165) is 0 Å². The number of nitrogen functional groups attached to an aromatic ring is 1. The molecule has 0 fully saturated rings. The minimum atomic E-state index is -0.409. The number of rotatable bonds is 4. The Kier molecular flexibility index (Phi) is 3.96. The number of aromatic nitrogens is 1. The van der Waals surface area contributed by atoms with E-state index in [9.17, 15) is 4.39 Å². The highest BCUT2D eigenvalue weighted by Gasteiger charge is 2.09. The molecule has 6 heteroatoms. The first-order chi connectivity index (χ1) is 8.72. The molecule has 0 amide bonds. The summed E-state index contributed by atoms with van der Waals surface area (Å²) in [6.45, 7) is 0.00583. The lowest BCUT2D eigenvalue weighted by Gasteiger charge is -2.11. The van der Waals surface area contributed by atoms with E-state index in [1.807, 2.05) is 0 Å². The maximum absolute atomic E-state index is 13.5. The van der Waals surface area contributed by atoms with Crippen molar-refractivity contribution >= 4 is 17.4 Å². The van der Waals surface area contributed by atoms with Crippen molar-refractivity contribution in [3.8, 4) is 5.75 Å². The van der Waals surface area contributed by atoms with E-state index in [1.165, 1.54) is 12.1 Å². The monoisotopic (exact) mass is 267 g/mol. The number of anilines is 1. The fraction of sp³-hybridized carbons (Fsp3) is 0.0833. The van der Waals surface area contributed by atoms with Gasteiger partial charge in [0.15, 0.2) is 11.6 Å². The maximum Gasteiger partial charge on any atom is 0.182 e. The third kappa shape index (κ3) is 2.69. The van der Waals surface area contributed by atoms with Crippen LogP contribution in [0.1, 0.15) is 5.56 Å². The maximum atomic E-state index is 13.5. The van der Waals surface area contributed by atoms with Gasteiger partial charge < -0.3 is 10.2 Å². The van der Waals surface area contributed by atoms with Crippen molar-refractivity contribution in [2.24, 2.45) is 5.84 Å². The van der Waals surface area contributed by atoms with Crippen LogP contribution in [0.3, 0.4) is 0 Å². The zero-order valence-corrected chi connectivity index (χ0v) is 10.1. The number of nitrogens with two attached hydrogens (primary N) is 1. The number of benzene rings is 1. The number of pyridine rings is 1. The highest BCUT2D eigenvalue weighted by atomic mass is 35.5. The molecule has 2 rings (SSSR count). The van der Waals surface area contributed by atoms with Crippen molar-refractivity contribution < 1.29 is 9.13 Å². The summed E-state index contributed by atoms with van der Waals surface area (Å²) < 4.78 is 19.0. The van der Waals surface area contributed by atoms with Gasteiger partial charge >= 0.3 is 0 Å². The lowest BCUT2D eigenvalue weighted by molar-refractivity contribution is 0.300. The van der Waals surface area contributed by atoms with Gasteiger partial charge in [-0.3, -0.25) is 0 Å². The first kappa shape index (κ1) is 12.6. The number of hydrazine groups is 1. The predicted octanol–water partition coefficient (Wildman–Crippen LogP) is 2.74. The number of hydrogen-bond acceptors (Lipinski definition) is 4. The Labute approximate surface area is 109 Å². The molecule has 18 heavy (non-hydrogen) atoms. The van der Waals surface area contributed by atoms with Gasteiger partial charge in [-0.15, -0.1) is 0 Å². The van der Waals surface area contributed by atoms with Crippen molar-refractivity contribution in [2.45, 2.75) is 6.61 Å². The van der Waals surface area contributed by atoms with Gasteiger partial charge in [0, 0.05) is 11.8 Å². The van der Waals surface area contributed by atoms with E-state index in [2.05, 4.69) is 10.4 Å². The first-order valence-electron chi connectivity index (χ1n) is 5.19. The van der Waals surface area contributed by atoms with E-state index in [4.69, 9.17) is 22.2 Å². The van der Waals surface area contributed by atoms with Gasteiger partial charge in [0.25, 0.3) is 0 Å². The van der Waals surface area contributed by atoms with Crippen LogP contribution in [0.5, 0.6) is 5.75 Å². The summed E-state index contributed by atoms with van der Waals surface area (Å²) in [7, 11) is 0. The number of hydrogen-bond donors (Lipinski definition) is 2. The third-order valence-corrected chi connectivity index (χ3v) is 2.70. The molecule has 2 aromatic rings. The van der Waals surface area contributed by atoms with Crippen LogP contribution in [-0.4, -0.2) is 4.98 Å². The van der Waals surface area contributed by atoms with Crippen LogP contribution in [0.15, 0.2) is 36.5 Å². The molecule has 94 valence electrons. The highest BCUT2D eigenvalue weighted by molar-refractivity contribution is 6.31. The number of nitrogens with zero attached hydrogens (tertiary/aromatic N) is 1. The van der Waals surface area contributed by atoms with Crippen LogP contribution < -0.4 is 16.0 Å². The van der Waals surface area contributed by atoms with Crippen molar-refractivity contribution in [1.82, 2.24) is 4.98 Å². The molecule has 4 nitrogen and oxygen atoms in total. The molecule has 1 aromatic carbocycles. The second kappa shape index (κ2) is 5.66. The Morgan fingerprint density at radius 2 is 2.17 bits per heavy atom. The van der Waals surface area contributed by atoms with E-state index in [0.29, 0.717) is 22.2 Å². The second-order valence-corrected chi connectivity index (χ2v) is 3.89. The average molecular weight is 268 g/mol. The van der Waals surface area contributed by atoms with E-state index in [1.54, 1.807) is 24.4 Å². The minimum Gasteiger partial charge on any atom is -0.485 e. The van der Waals surface area contributed by atoms with Crippen molar-refractivity contribution in [3.05, 3.63) is 52.9 Å². The molecule has 0 bridgehead atoms. The number of halogens is 2. The fourth-order valence-corrected chi connectivity index (χ4v) is 1.65. The Bertz CT molecular complexity index is 530. The lowest BCUT2D eigenvalue weighted by atomic mass is 10.2. The molecule has 0 aliphatic heterocycles. The summed E-state index contributed by atoms with van der Waals surface area (Å²) in [6.07, 6.45) is 1.57. The molecule has 0 atom stereocenters. The molecule has 0 radical (unpaired) electrons. The molecule has 0 saturated carbocycles. The molecular formula is C12H11ClFN3O. The largest absolute Gasteiger partial charge is 0.485 e. The van der Waals surface area contributed by atoms with Crippen LogP contribution in [0, 0.1) is 5.82 Å². The van der Waals surface area contributed by atoms with Gasteiger partial charge in [0.05, 0.1) is 5.02 Å². The molecule has 1 heterocycles. The average Bonchev–Trinajstić information content (AvgIpc) is 2.38. The molecule has 3 N–H and O–H groups in total. The van der Waals surface area contributed by atoms with Crippen LogP contribution in [-0.2, 0) is 6.61 Å². The summed E-state index contributed by atoms with van der Waals surface area (Å²) in [5.74, 6) is 5.69. The number of nitrogens with one attached hydrogen (secondary N) is 1.